The molecular weight excluding hydrogens is 296 g/mol. The molecule has 21 heavy (non-hydrogen) atoms. The summed E-state index contributed by atoms with van der Waals surface area (Å²) < 4.78 is 29.5. The minimum absolute atomic E-state index is 0.220. The highest BCUT2D eigenvalue weighted by atomic mass is 35.5. The van der Waals surface area contributed by atoms with Crippen LogP contribution in [0.4, 0.5) is 8.78 Å². The van der Waals surface area contributed by atoms with Gasteiger partial charge in [-0.2, -0.15) is 0 Å². The van der Waals surface area contributed by atoms with E-state index in [9.17, 15) is 8.78 Å². The summed E-state index contributed by atoms with van der Waals surface area (Å²) in [4.78, 5) is 6.63. The Morgan fingerprint density at radius 2 is 2.19 bits per heavy atom. The summed E-state index contributed by atoms with van der Waals surface area (Å²) >= 11 is 6.18. The maximum absolute atomic E-state index is 14.2. The Bertz CT molecular complexity index is 668. The van der Waals surface area contributed by atoms with Gasteiger partial charge in [-0.15, -0.1) is 11.6 Å². The van der Waals surface area contributed by atoms with Crippen molar-refractivity contribution in [2.75, 3.05) is 13.6 Å². The van der Waals surface area contributed by atoms with Crippen LogP contribution in [-0.2, 0) is 6.54 Å². The molecule has 2 heterocycles. The number of alkyl halides is 1. The van der Waals surface area contributed by atoms with Gasteiger partial charge in [-0.25, -0.2) is 13.8 Å². The van der Waals surface area contributed by atoms with Crippen molar-refractivity contribution in [1.82, 2.24) is 14.5 Å². The van der Waals surface area contributed by atoms with Crippen molar-refractivity contribution < 1.29 is 8.78 Å². The number of benzene rings is 1. The molecule has 1 fully saturated rings. The molecule has 0 amide bonds. The predicted octanol–water partition coefficient (Wildman–Crippen LogP) is 3.71. The average Bonchev–Trinajstić information content (AvgIpc) is 3.00. The van der Waals surface area contributed by atoms with Crippen molar-refractivity contribution in [3.05, 3.63) is 29.6 Å². The molecule has 1 aliphatic heterocycles. The largest absolute Gasteiger partial charge is 0.323 e. The number of imidazole rings is 1. The van der Waals surface area contributed by atoms with Crippen molar-refractivity contribution in [2.45, 2.75) is 37.7 Å². The molecule has 3 rings (SSSR count). The number of rotatable bonds is 3. The summed E-state index contributed by atoms with van der Waals surface area (Å²) in [6.45, 7) is 3.41. The van der Waals surface area contributed by atoms with E-state index >= 15 is 0 Å². The van der Waals surface area contributed by atoms with E-state index in [1.807, 2.05) is 0 Å². The topological polar surface area (TPSA) is 21.1 Å². The molecule has 2 unspecified atom stereocenters. The third-order valence-electron chi connectivity index (χ3n) is 4.25. The van der Waals surface area contributed by atoms with Crippen LogP contribution < -0.4 is 0 Å². The minimum Gasteiger partial charge on any atom is -0.323 e. The standard InChI is InChI=1S/C15H18ClF2N3/c1-9(16)15-19-12-6-5-11(17)13(18)14(12)21(15)8-10-4-3-7-20(10)2/h5-6,9-10H,3-4,7-8H2,1-2H3. The normalized spacial score (nSPS) is 21.3. The highest BCUT2D eigenvalue weighted by molar-refractivity contribution is 6.20. The van der Waals surface area contributed by atoms with Crippen LogP contribution in [0.3, 0.4) is 0 Å². The number of fused-ring (bicyclic) bond motifs is 1. The second-order valence-electron chi connectivity index (χ2n) is 5.70. The van der Waals surface area contributed by atoms with Gasteiger partial charge in [-0.3, -0.25) is 0 Å². The van der Waals surface area contributed by atoms with Crippen molar-refractivity contribution in [2.24, 2.45) is 0 Å². The molecule has 114 valence electrons. The van der Waals surface area contributed by atoms with Gasteiger partial charge in [-0.1, -0.05) is 0 Å². The second-order valence-corrected chi connectivity index (χ2v) is 6.36. The van der Waals surface area contributed by atoms with E-state index < -0.39 is 11.6 Å². The fraction of sp³-hybridized carbons (Fsp3) is 0.533. The van der Waals surface area contributed by atoms with Gasteiger partial charge in [0.2, 0.25) is 0 Å². The highest BCUT2D eigenvalue weighted by Gasteiger charge is 2.26. The van der Waals surface area contributed by atoms with Crippen LogP contribution in [0.5, 0.6) is 0 Å². The van der Waals surface area contributed by atoms with E-state index in [1.165, 1.54) is 6.07 Å². The van der Waals surface area contributed by atoms with Gasteiger partial charge in [-0.05, 0) is 45.5 Å². The summed E-state index contributed by atoms with van der Waals surface area (Å²) in [6.07, 6.45) is 2.17. The molecule has 3 nitrogen and oxygen atoms in total. The third kappa shape index (κ3) is 2.53. The van der Waals surface area contributed by atoms with Crippen molar-refractivity contribution in [1.29, 1.82) is 0 Å². The Morgan fingerprint density at radius 3 is 2.81 bits per heavy atom. The van der Waals surface area contributed by atoms with Crippen LogP contribution in [0, 0.1) is 11.6 Å². The number of halogens is 3. The van der Waals surface area contributed by atoms with Crippen molar-refractivity contribution in [3.63, 3.8) is 0 Å². The summed E-state index contributed by atoms with van der Waals surface area (Å²) in [7, 11) is 2.05. The Kier molecular flexibility index (Phi) is 3.88. The Morgan fingerprint density at radius 1 is 1.43 bits per heavy atom. The number of likely N-dealkylation sites (tertiary alicyclic amines) is 1. The van der Waals surface area contributed by atoms with Gasteiger partial charge in [0.25, 0.3) is 0 Å². The lowest BCUT2D eigenvalue weighted by molar-refractivity contribution is 0.281. The Labute approximate surface area is 127 Å². The second kappa shape index (κ2) is 5.54. The number of hydrogen-bond acceptors (Lipinski definition) is 2. The SMILES string of the molecule is CC(Cl)c1nc2ccc(F)c(F)c2n1CC1CCCN1C. The molecule has 0 radical (unpaired) electrons. The van der Waals surface area contributed by atoms with Crippen LogP contribution in [0.1, 0.15) is 31.0 Å². The summed E-state index contributed by atoms with van der Waals surface area (Å²) in [5.41, 5.74) is 0.676. The van der Waals surface area contributed by atoms with E-state index in [-0.39, 0.29) is 10.9 Å². The van der Waals surface area contributed by atoms with E-state index in [1.54, 1.807) is 11.5 Å². The molecule has 0 N–H and O–H groups in total. The predicted molar refractivity (Wildman–Crippen MR) is 79.6 cm³/mol. The number of hydrogen-bond donors (Lipinski definition) is 0. The van der Waals surface area contributed by atoms with Gasteiger partial charge in [0.15, 0.2) is 11.6 Å². The molecule has 1 aliphatic rings. The van der Waals surface area contributed by atoms with Crippen LogP contribution in [-0.4, -0.2) is 34.1 Å². The molecule has 1 aromatic carbocycles. The molecule has 0 spiro atoms. The van der Waals surface area contributed by atoms with Gasteiger partial charge < -0.3 is 9.47 Å². The zero-order chi connectivity index (χ0) is 15.1. The summed E-state index contributed by atoms with van der Waals surface area (Å²) in [6, 6.07) is 2.92. The first-order valence-corrected chi connectivity index (χ1v) is 7.61. The van der Waals surface area contributed by atoms with Crippen LogP contribution >= 0.6 is 11.6 Å². The van der Waals surface area contributed by atoms with E-state index in [2.05, 4.69) is 16.9 Å². The van der Waals surface area contributed by atoms with E-state index in [0.717, 1.165) is 25.5 Å². The van der Waals surface area contributed by atoms with Crippen LogP contribution in [0.25, 0.3) is 11.0 Å². The van der Waals surface area contributed by atoms with E-state index in [0.29, 0.717) is 23.9 Å². The molecule has 6 heteroatoms. The first-order chi connectivity index (χ1) is 9.99. The summed E-state index contributed by atoms with van der Waals surface area (Å²) in [5.74, 6) is -1.10. The van der Waals surface area contributed by atoms with E-state index in [4.69, 9.17) is 11.6 Å². The first-order valence-electron chi connectivity index (χ1n) is 7.17. The van der Waals surface area contributed by atoms with Crippen molar-refractivity contribution in [3.8, 4) is 0 Å². The smallest absolute Gasteiger partial charge is 0.184 e. The quantitative estimate of drug-likeness (QED) is 0.806. The monoisotopic (exact) mass is 313 g/mol. The highest BCUT2D eigenvalue weighted by Crippen LogP contribution is 2.29. The third-order valence-corrected chi connectivity index (χ3v) is 4.45. The van der Waals surface area contributed by atoms with Gasteiger partial charge in [0.1, 0.15) is 11.3 Å². The lowest BCUT2D eigenvalue weighted by atomic mass is 10.2. The number of aromatic nitrogens is 2. The van der Waals surface area contributed by atoms with Gasteiger partial charge in [0.05, 0.1) is 10.9 Å². The molecule has 0 bridgehead atoms. The fourth-order valence-electron chi connectivity index (χ4n) is 3.08. The van der Waals surface area contributed by atoms with Gasteiger partial charge >= 0.3 is 0 Å². The lowest BCUT2D eigenvalue weighted by Gasteiger charge is -2.22. The molecule has 1 aromatic heterocycles. The maximum Gasteiger partial charge on any atom is 0.184 e. The average molecular weight is 314 g/mol. The lowest BCUT2D eigenvalue weighted by Crippen LogP contribution is -2.30. The maximum atomic E-state index is 14.2. The first kappa shape index (κ1) is 14.7. The van der Waals surface area contributed by atoms with Crippen LogP contribution in [0.2, 0.25) is 0 Å². The minimum atomic E-state index is -0.850. The summed E-state index contributed by atoms with van der Waals surface area (Å²) in [5, 5.41) is -0.355. The number of likely N-dealkylation sites (N-methyl/N-ethyl adjacent to an activating group) is 1. The zero-order valence-electron chi connectivity index (χ0n) is 12.1. The van der Waals surface area contributed by atoms with Crippen molar-refractivity contribution >= 4 is 22.6 Å². The molecule has 2 aromatic rings. The van der Waals surface area contributed by atoms with Crippen LogP contribution in [0.15, 0.2) is 12.1 Å². The molecule has 0 aliphatic carbocycles. The molecule has 2 atom stereocenters. The fourth-order valence-corrected chi connectivity index (χ4v) is 3.25. The molecule has 1 saturated heterocycles. The Balaban J connectivity index is 2.13. The molecule has 0 saturated carbocycles. The number of nitrogens with zero attached hydrogens (tertiary/aromatic N) is 3. The zero-order valence-corrected chi connectivity index (χ0v) is 12.9. The van der Waals surface area contributed by atoms with Gasteiger partial charge in [0, 0.05) is 12.6 Å². The molecular formula is C15H18ClF2N3. The Hall–Kier alpha value is -1.20.